The number of nitrogens with one attached hydrogen (secondary N) is 1. The van der Waals surface area contributed by atoms with Gasteiger partial charge in [0, 0.05) is 15.6 Å². The van der Waals surface area contributed by atoms with Crippen molar-refractivity contribution in [1.29, 1.82) is 0 Å². The Morgan fingerprint density at radius 1 is 1.79 bits per heavy atom. The first-order chi connectivity index (χ1) is 6.69. The van der Waals surface area contributed by atoms with Gasteiger partial charge in [-0.1, -0.05) is 6.92 Å². The zero-order valence-corrected chi connectivity index (χ0v) is 9.98. The molecule has 0 aliphatic heterocycles. The minimum Gasteiger partial charge on any atom is -0.289 e. The number of pyridine rings is 1. The first-order valence-corrected chi connectivity index (χ1v) is 5.76. The summed E-state index contributed by atoms with van der Waals surface area (Å²) in [6, 6.07) is 1.85. The number of hydrogen-bond acceptors (Lipinski definition) is 4. The Balaban J connectivity index is 3.07. The number of amides is 1. The first-order valence-electron chi connectivity index (χ1n) is 3.98. The van der Waals surface area contributed by atoms with Crippen LogP contribution in [0.4, 0.5) is 0 Å². The molecule has 0 saturated heterocycles. The number of halogens is 1. The zero-order chi connectivity index (χ0) is 10.6. The highest BCUT2D eigenvalue weighted by Crippen LogP contribution is 2.24. The molecular formula is C8H10BrN3OS. The van der Waals surface area contributed by atoms with Gasteiger partial charge >= 0.3 is 0 Å². The molecule has 3 N–H and O–H groups in total. The van der Waals surface area contributed by atoms with Crippen LogP contribution in [0.15, 0.2) is 21.6 Å². The van der Waals surface area contributed by atoms with Crippen molar-refractivity contribution in [3.05, 3.63) is 22.4 Å². The summed E-state index contributed by atoms with van der Waals surface area (Å²) in [5.41, 5.74) is 2.43. The molecule has 0 radical (unpaired) electrons. The van der Waals surface area contributed by atoms with Crippen LogP contribution in [0.2, 0.25) is 0 Å². The number of nitrogen functional groups attached to an aromatic ring is 1. The van der Waals surface area contributed by atoms with E-state index in [9.17, 15) is 4.79 Å². The maximum Gasteiger partial charge on any atom is 0.284 e. The van der Waals surface area contributed by atoms with E-state index < -0.39 is 0 Å². The molecule has 1 aromatic heterocycles. The van der Waals surface area contributed by atoms with E-state index in [0.29, 0.717) is 5.69 Å². The molecular weight excluding hydrogens is 266 g/mol. The maximum absolute atomic E-state index is 11.3. The molecule has 6 heteroatoms. The van der Waals surface area contributed by atoms with Crippen molar-refractivity contribution in [2.75, 3.05) is 5.75 Å². The lowest BCUT2D eigenvalue weighted by Gasteiger charge is -2.05. The van der Waals surface area contributed by atoms with Gasteiger partial charge in [-0.2, -0.15) is 0 Å². The van der Waals surface area contributed by atoms with Crippen molar-refractivity contribution in [3.8, 4) is 0 Å². The molecule has 0 saturated carbocycles. The summed E-state index contributed by atoms with van der Waals surface area (Å²) in [5.74, 6) is 5.56. The van der Waals surface area contributed by atoms with E-state index in [1.807, 2.05) is 13.0 Å². The van der Waals surface area contributed by atoms with Crippen LogP contribution in [0.3, 0.4) is 0 Å². The predicted octanol–water partition coefficient (Wildman–Crippen LogP) is 1.56. The molecule has 0 fully saturated rings. The van der Waals surface area contributed by atoms with E-state index in [-0.39, 0.29) is 5.91 Å². The van der Waals surface area contributed by atoms with E-state index in [1.54, 1.807) is 18.0 Å². The lowest BCUT2D eigenvalue weighted by molar-refractivity contribution is 0.0945. The third kappa shape index (κ3) is 2.70. The fourth-order valence-electron chi connectivity index (χ4n) is 0.925. The fourth-order valence-corrected chi connectivity index (χ4v) is 2.21. The standard InChI is InChI=1S/C8H10BrN3OS/c1-2-14-6-3-5(9)4-11-7(6)8(13)12-10/h3-4H,2,10H2,1H3,(H,12,13). The van der Waals surface area contributed by atoms with Crippen LogP contribution < -0.4 is 11.3 Å². The molecule has 0 unspecified atom stereocenters. The van der Waals surface area contributed by atoms with E-state index >= 15 is 0 Å². The smallest absolute Gasteiger partial charge is 0.284 e. The highest BCUT2D eigenvalue weighted by atomic mass is 79.9. The second-order valence-electron chi connectivity index (χ2n) is 2.41. The number of carbonyl (C=O) groups is 1. The van der Waals surface area contributed by atoms with Crippen molar-refractivity contribution in [3.63, 3.8) is 0 Å². The second-order valence-corrected chi connectivity index (χ2v) is 4.63. The average molecular weight is 276 g/mol. The van der Waals surface area contributed by atoms with Crippen molar-refractivity contribution in [1.82, 2.24) is 10.4 Å². The Morgan fingerprint density at radius 2 is 2.50 bits per heavy atom. The third-order valence-electron chi connectivity index (χ3n) is 1.47. The molecule has 76 valence electrons. The molecule has 0 bridgehead atoms. The summed E-state index contributed by atoms with van der Waals surface area (Å²) in [5, 5.41) is 0. The quantitative estimate of drug-likeness (QED) is 0.380. The van der Waals surface area contributed by atoms with Crippen molar-refractivity contribution in [2.24, 2.45) is 5.84 Å². The topological polar surface area (TPSA) is 68.0 Å². The summed E-state index contributed by atoms with van der Waals surface area (Å²) in [6.07, 6.45) is 1.57. The molecule has 0 spiro atoms. The largest absolute Gasteiger partial charge is 0.289 e. The van der Waals surface area contributed by atoms with Crippen molar-refractivity contribution < 1.29 is 4.79 Å². The van der Waals surface area contributed by atoms with Gasteiger partial charge in [-0.15, -0.1) is 11.8 Å². The maximum atomic E-state index is 11.3. The average Bonchev–Trinajstić information content (AvgIpc) is 2.17. The summed E-state index contributed by atoms with van der Waals surface area (Å²) in [4.78, 5) is 16.1. The molecule has 0 aromatic carbocycles. The van der Waals surface area contributed by atoms with Gasteiger partial charge < -0.3 is 0 Å². The van der Waals surface area contributed by atoms with Gasteiger partial charge in [0.1, 0.15) is 5.69 Å². The first kappa shape index (κ1) is 11.5. The lowest BCUT2D eigenvalue weighted by atomic mass is 10.3. The Labute approximate surface area is 94.8 Å². The van der Waals surface area contributed by atoms with Crippen LogP contribution in [0, 0.1) is 0 Å². The molecule has 1 heterocycles. The minimum absolute atomic E-state index is 0.363. The molecule has 0 aliphatic rings. The van der Waals surface area contributed by atoms with Crippen LogP contribution in [0.1, 0.15) is 17.4 Å². The number of nitrogens with zero attached hydrogens (tertiary/aromatic N) is 1. The predicted molar refractivity (Wildman–Crippen MR) is 60.0 cm³/mol. The Bertz CT molecular complexity index is 345. The number of hydrazine groups is 1. The highest BCUT2D eigenvalue weighted by Gasteiger charge is 2.12. The number of aromatic nitrogens is 1. The van der Waals surface area contributed by atoms with E-state index in [2.05, 4.69) is 26.3 Å². The van der Waals surface area contributed by atoms with Gasteiger partial charge in [0.15, 0.2) is 0 Å². The van der Waals surface area contributed by atoms with E-state index in [1.165, 1.54) is 0 Å². The Morgan fingerprint density at radius 3 is 3.07 bits per heavy atom. The van der Waals surface area contributed by atoms with Crippen LogP contribution in [-0.2, 0) is 0 Å². The van der Waals surface area contributed by atoms with Crippen LogP contribution in [0.5, 0.6) is 0 Å². The van der Waals surface area contributed by atoms with E-state index in [4.69, 9.17) is 5.84 Å². The molecule has 0 atom stereocenters. The van der Waals surface area contributed by atoms with Crippen LogP contribution in [0.25, 0.3) is 0 Å². The fraction of sp³-hybridized carbons (Fsp3) is 0.250. The molecule has 1 rings (SSSR count). The Kier molecular flexibility index (Phi) is 4.37. The number of nitrogens with two attached hydrogens (primary N) is 1. The number of hydrogen-bond donors (Lipinski definition) is 2. The molecule has 1 amide bonds. The number of carbonyl (C=O) groups excluding carboxylic acids is 1. The van der Waals surface area contributed by atoms with Gasteiger partial charge in [0.25, 0.3) is 5.91 Å². The second kappa shape index (κ2) is 5.33. The Hall–Kier alpha value is -0.590. The molecule has 0 aliphatic carbocycles. The van der Waals surface area contributed by atoms with Gasteiger partial charge in [0.05, 0.1) is 0 Å². The minimum atomic E-state index is -0.367. The van der Waals surface area contributed by atoms with E-state index in [0.717, 1.165) is 15.1 Å². The highest BCUT2D eigenvalue weighted by molar-refractivity contribution is 9.10. The van der Waals surface area contributed by atoms with Gasteiger partial charge in [-0.25, -0.2) is 10.8 Å². The molecule has 14 heavy (non-hydrogen) atoms. The normalized spacial score (nSPS) is 9.93. The van der Waals surface area contributed by atoms with Gasteiger partial charge in [0.2, 0.25) is 0 Å². The summed E-state index contributed by atoms with van der Waals surface area (Å²) < 4.78 is 0.849. The molecule has 1 aromatic rings. The number of thioether (sulfide) groups is 1. The zero-order valence-electron chi connectivity index (χ0n) is 7.58. The van der Waals surface area contributed by atoms with Crippen LogP contribution >= 0.6 is 27.7 Å². The summed E-state index contributed by atoms with van der Waals surface area (Å²) in [7, 11) is 0. The number of rotatable bonds is 3. The monoisotopic (exact) mass is 275 g/mol. The molecule has 4 nitrogen and oxygen atoms in total. The summed E-state index contributed by atoms with van der Waals surface area (Å²) in [6.45, 7) is 2.01. The van der Waals surface area contributed by atoms with Gasteiger partial charge in [-0.3, -0.25) is 10.2 Å². The van der Waals surface area contributed by atoms with Gasteiger partial charge in [-0.05, 0) is 27.7 Å². The lowest BCUT2D eigenvalue weighted by Crippen LogP contribution is -2.31. The SMILES string of the molecule is CCSc1cc(Br)cnc1C(=O)NN. The summed E-state index contributed by atoms with van der Waals surface area (Å²) >= 11 is 4.85. The van der Waals surface area contributed by atoms with Crippen molar-refractivity contribution in [2.45, 2.75) is 11.8 Å². The third-order valence-corrected chi connectivity index (χ3v) is 2.81. The van der Waals surface area contributed by atoms with Crippen molar-refractivity contribution >= 4 is 33.6 Å². The van der Waals surface area contributed by atoms with Crippen LogP contribution in [-0.4, -0.2) is 16.6 Å².